The first-order valence-corrected chi connectivity index (χ1v) is 11.8. The number of benzene rings is 2. The lowest BCUT2D eigenvalue weighted by Crippen LogP contribution is -2.48. The minimum Gasteiger partial charge on any atom is -0.355 e. The van der Waals surface area contributed by atoms with E-state index in [-0.39, 0.29) is 18.1 Å². The zero-order valence-corrected chi connectivity index (χ0v) is 19.2. The topological polar surface area (TPSA) is 61.4 Å². The first-order chi connectivity index (χ1) is 15.5. The Morgan fingerprint density at radius 2 is 1.72 bits per heavy atom. The van der Waals surface area contributed by atoms with Crippen LogP contribution in [0.3, 0.4) is 0 Å². The molecule has 0 bridgehead atoms. The van der Waals surface area contributed by atoms with Gasteiger partial charge >= 0.3 is 0 Å². The van der Waals surface area contributed by atoms with Gasteiger partial charge in [-0.2, -0.15) is 4.37 Å². The molecule has 0 unspecified atom stereocenters. The number of nitrogens with zero attached hydrogens (tertiary/aromatic N) is 4. The third-order valence-corrected chi connectivity index (χ3v) is 6.47. The fraction of sp³-hybridized carbons (Fsp3) is 0.348. The lowest BCUT2D eigenvalue weighted by molar-refractivity contribution is -0.120. The van der Waals surface area contributed by atoms with E-state index in [0.717, 1.165) is 59.8 Å². The maximum Gasteiger partial charge on any atom is 0.224 e. The summed E-state index contributed by atoms with van der Waals surface area (Å²) in [5, 5.41) is 4.64. The lowest BCUT2D eigenvalue weighted by Gasteiger charge is -2.34. The van der Waals surface area contributed by atoms with Crippen molar-refractivity contribution in [2.75, 3.05) is 44.2 Å². The molecule has 168 valence electrons. The van der Waals surface area contributed by atoms with E-state index in [1.807, 2.05) is 24.3 Å². The van der Waals surface area contributed by atoms with Gasteiger partial charge in [0.1, 0.15) is 11.6 Å². The molecule has 6 nitrogen and oxygen atoms in total. The number of hydrogen-bond donors (Lipinski definition) is 1. The van der Waals surface area contributed by atoms with Gasteiger partial charge in [-0.1, -0.05) is 35.9 Å². The van der Waals surface area contributed by atoms with Crippen LogP contribution in [0.25, 0.3) is 0 Å². The molecule has 9 heteroatoms. The summed E-state index contributed by atoms with van der Waals surface area (Å²) < 4.78 is 17.5. The number of hydrogen-bond acceptors (Lipinski definition) is 6. The fourth-order valence-electron chi connectivity index (χ4n) is 3.60. The molecular weight excluding hydrogens is 449 g/mol. The molecule has 0 aliphatic carbocycles. The lowest BCUT2D eigenvalue weighted by atomic mass is 10.1. The van der Waals surface area contributed by atoms with Crippen LogP contribution in [0.5, 0.6) is 0 Å². The van der Waals surface area contributed by atoms with Crippen LogP contribution in [0.2, 0.25) is 5.02 Å². The van der Waals surface area contributed by atoms with Crippen LogP contribution in [0, 0.1) is 5.82 Å². The number of carbonyl (C=O) groups excluding carboxylic acids is 1. The Balaban J connectivity index is 1.17. The van der Waals surface area contributed by atoms with Crippen molar-refractivity contribution >= 4 is 34.2 Å². The summed E-state index contributed by atoms with van der Waals surface area (Å²) >= 11 is 7.39. The van der Waals surface area contributed by atoms with Crippen LogP contribution in [0.1, 0.15) is 17.0 Å². The highest BCUT2D eigenvalue weighted by molar-refractivity contribution is 7.09. The van der Waals surface area contributed by atoms with E-state index >= 15 is 0 Å². The maximum atomic E-state index is 13.0. The second kappa shape index (κ2) is 10.8. The molecule has 0 atom stereocenters. The van der Waals surface area contributed by atoms with Crippen molar-refractivity contribution in [3.8, 4) is 0 Å². The second-order valence-corrected chi connectivity index (χ2v) is 8.95. The summed E-state index contributed by atoms with van der Waals surface area (Å²) in [6.45, 7) is 5.02. The predicted octanol–water partition coefficient (Wildman–Crippen LogP) is 3.40. The van der Waals surface area contributed by atoms with Gasteiger partial charge < -0.3 is 10.2 Å². The predicted molar refractivity (Wildman–Crippen MR) is 126 cm³/mol. The summed E-state index contributed by atoms with van der Waals surface area (Å²) in [5.74, 6) is 0.496. The molecule has 2 aromatic carbocycles. The van der Waals surface area contributed by atoms with Crippen molar-refractivity contribution < 1.29 is 9.18 Å². The van der Waals surface area contributed by atoms with Crippen LogP contribution in [0.4, 0.5) is 9.52 Å². The molecule has 2 heterocycles. The van der Waals surface area contributed by atoms with Crippen molar-refractivity contribution in [2.24, 2.45) is 0 Å². The number of aromatic nitrogens is 2. The molecule has 3 aromatic rings. The minimum atomic E-state index is -0.292. The largest absolute Gasteiger partial charge is 0.355 e. The molecule has 0 saturated carbocycles. The third kappa shape index (κ3) is 6.48. The SMILES string of the molecule is O=C(Cc1ccc(F)cc1)NCCN1CCN(c2nc(Cc3ccc(Cl)cc3)ns2)CC1. The van der Waals surface area contributed by atoms with Crippen molar-refractivity contribution in [2.45, 2.75) is 12.8 Å². The monoisotopic (exact) mass is 473 g/mol. The van der Waals surface area contributed by atoms with Gasteiger partial charge in [-0.3, -0.25) is 9.69 Å². The minimum absolute atomic E-state index is 0.0441. The Morgan fingerprint density at radius 1 is 1.03 bits per heavy atom. The molecule has 1 N–H and O–H groups in total. The third-order valence-electron chi connectivity index (χ3n) is 5.40. The Bertz CT molecular complexity index is 1020. The molecule has 1 aliphatic heterocycles. The van der Waals surface area contributed by atoms with Gasteiger partial charge in [-0.25, -0.2) is 9.37 Å². The maximum absolute atomic E-state index is 13.0. The van der Waals surface area contributed by atoms with Crippen molar-refractivity contribution in [3.63, 3.8) is 0 Å². The zero-order valence-electron chi connectivity index (χ0n) is 17.6. The summed E-state index contributed by atoms with van der Waals surface area (Å²) in [4.78, 5) is 21.4. The van der Waals surface area contributed by atoms with Gasteiger partial charge in [0.2, 0.25) is 11.0 Å². The van der Waals surface area contributed by atoms with E-state index in [4.69, 9.17) is 16.6 Å². The van der Waals surface area contributed by atoms with Crippen molar-refractivity contribution in [1.29, 1.82) is 0 Å². The number of carbonyl (C=O) groups is 1. The van der Waals surface area contributed by atoms with Crippen molar-refractivity contribution in [1.82, 2.24) is 19.6 Å². The number of anilines is 1. The normalized spacial score (nSPS) is 14.5. The zero-order chi connectivity index (χ0) is 22.3. The molecule has 1 aliphatic rings. The molecule has 0 radical (unpaired) electrons. The average Bonchev–Trinajstić information content (AvgIpc) is 3.26. The smallest absolute Gasteiger partial charge is 0.224 e. The first-order valence-electron chi connectivity index (χ1n) is 10.6. The van der Waals surface area contributed by atoms with Gasteiger partial charge in [0, 0.05) is 62.2 Å². The number of piperazine rings is 1. The number of halogens is 2. The van der Waals surface area contributed by atoms with Crippen LogP contribution in [-0.4, -0.2) is 59.4 Å². The number of nitrogens with one attached hydrogen (secondary N) is 1. The summed E-state index contributed by atoms with van der Waals surface area (Å²) in [6.07, 6.45) is 0.967. The van der Waals surface area contributed by atoms with Crippen molar-refractivity contribution in [3.05, 3.63) is 76.3 Å². The highest BCUT2D eigenvalue weighted by atomic mass is 35.5. The molecule has 32 heavy (non-hydrogen) atoms. The standard InChI is InChI=1S/C23H25ClFN5OS/c24-19-5-1-17(2-6-19)15-21-27-23(32-28-21)30-13-11-29(12-14-30)10-9-26-22(31)16-18-3-7-20(25)8-4-18/h1-8H,9-16H2,(H,26,31). The fourth-order valence-corrected chi connectivity index (χ4v) is 4.46. The van der Waals surface area contributed by atoms with Crippen LogP contribution >= 0.6 is 23.1 Å². The Kier molecular flexibility index (Phi) is 7.68. The van der Waals surface area contributed by atoms with Gasteiger partial charge in [-0.05, 0) is 35.4 Å². The summed E-state index contributed by atoms with van der Waals surface area (Å²) in [6, 6.07) is 13.8. The molecule has 1 aromatic heterocycles. The van der Waals surface area contributed by atoms with Crippen LogP contribution < -0.4 is 10.2 Å². The highest BCUT2D eigenvalue weighted by Gasteiger charge is 2.20. The molecule has 1 amide bonds. The van der Waals surface area contributed by atoms with E-state index < -0.39 is 0 Å². The van der Waals surface area contributed by atoms with E-state index in [1.165, 1.54) is 23.7 Å². The Hall–Kier alpha value is -2.55. The Morgan fingerprint density at radius 3 is 2.44 bits per heavy atom. The molecule has 1 fully saturated rings. The van der Waals surface area contributed by atoms with Gasteiger partial charge in [-0.15, -0.1) is 0 Å². The van der Waals surface area contributed by atoms with Crippen LogP contribution in [-0.2, 0) is 17.6 Å². The Labute approximate surface area is 196 Å². The first kappa shape index (κ1) is 22.6. The molecule has 0 spiro atoms. The van der Waals surface area contributed by atoms with E-state index in [2.05, 4.69) is 19.5 Å². The van der Waals surface area contributed by atoms with Crippen LogP contribution in [0.15, 0.2) is 48.5 Å². The number of amides is 1. The van der Waals surface area contributed by atoms with Gasteiger partial charge in [0.25, 0.3) is 0 Å². The highest BCUT2D eigenvalue weighted by Crippen LogP contribution is 2.21. The van der Waals surface area contributed by atoms with E-state index in [9.17, 15) is 9.18 Å². The van der Waals surface area contributed by atoms with Gasteiger partial charge in [0.15, 0.2) is 0 Å². The summed E-state index contributed by atoms with van der Waals surface area (Å²) in [7, 11) is 0. The summed E-state index contributed by atoms with van der Waals surface area (Å²) in [5.41, 5.74) is 1.95. The molecule has 4 rings (SSSR count). The molecular formula is C23H25ClFN5OS. The van der Waals surface area contributed by atoms with Gasteiger partial charge in [0.05, 0.1) is 6.42 Å². The number of rotatable bonds is 8. The second-order valence-electron chi connectivity index (χ2n) is 7.78. The van der Waals surface area contributed by atoms with E-state index in [0.29, 0.717) is 13.0 Å². The quantitative estimate of drug-likeness (QED) is 0.543. The molecule has 1 saturated heterocycles. The van der Waals surface area contributed by atoms with E-state index in [1.54, 1.807) is 12.1 Å². The average molecular weight is 474 g/mol.